The molecule has 0 bridgehead atoms. The molecule has 2 heterocycles. The summed E-state index contributed by atoms with van der Waals surface area (Å²) in [5, 5.41) is 78.8. The molecule has 9 atom stereocenters. The summed E-state index contributed by atoms with van der Waals surface area (Å²) in [6.45, 7) is 7.54. The number of aromatic amines is 1. The Bertz CT molecular complexity index is 3480. The van der Waals surface area contributed by atoms with E-state index in [4.69, 9.17) is 56.8 Å². The van der Waals surface area contributed by atoms with Crippen LogP contribution in [0.15, 0.2) is 72.1 Å². The van der Waals surface area contributed by atoms with Crippen LogP contribution in [0, 0.1) is 11.8 Å². The van der Waals surface area contributed by atoms with Gasteiger partial charge in [0.05, 0.1) is 18.8 Å². The van der Waals surface area contributed by atoms with E-state index < -0.39 is 174 Å². The van der Waals surface area contributed by atoms with Crippen molar-refractivity contribution >= 4 is 89.2 Å². The van der Waals surface area contributed by atoms with Crippen LogP contribution in [-0.4, -0.2) is 239 Å². The molecule has 0 unspecified atom stereocenters. The fraction of sp³-hybridized carbons (Fsp3) is 0.524. The maximum atomic E-state index is 14.7. The third-order valence-corrected chi connectivity index (χ3v) is 14.8. The molecule has 1 saturated heterocycles. The number of aliphatic carboxylic acids is 6. The highest BCUT2D eigenvalue weighted by Crippen LogP contribution is 2.23. The minimum atomic E-state index is -5.08. The van der Waals surface area contributed by atoms with Crippen LogP contribution in [0.4, 0.5) is 57.5 Å². The predicted octanol–water partition coefficient (Wildman–Crippen LogP) is 1.30. The number of imidazole rings is 1. The Kier molecular flexibility index (Phi) is 43.0. The number of hydrogen-bond donors (Lipinski definition) is 19. The minimum absolute atomic E-state index is 0.0107. The van der Waals surface area contributed by atoms with Crippen molar-refractivity contribution in [3.05, 3.63) is 83.9 Å². The second-order valence-corrected chi connectivity index (χ2v) is 23.9. The number of aliphatic imine (C=N–C) groups is 1. The zero-order valence-electron chi connectivity index (χ0n) is 59.2. The number of carboxylic acids is 6. The van der Waals surface area contributed by atoms with Crippen LogP contribution in [0.1, 0.15) is 95.9 Å². The van der Waals surface area contributed by atoms with Crippen LogP contribution >= 0.6 is 0 Å². The minimum Gasteiger partial charge on any atom is -0.508 e. The van der Waals surface area contributed by atoms with Crippen LogP contribution in [-0.2, 0) is 81.6 Å². The molecule has 1 aliphatic heterocycles. The van der Waals surface area contributed by atoms with E-state index in [2.05, 4.69) is 57.5 Å². The van der Waals surface area contributed by atoms with E-state index in [1.54, 1.807) is 58.0 Å². The number of nitrogens with zero attached hydrogens (tertiary/aromatic N) is 3. The number of carbonyl (C=O) groups is 14. The Hall–Kier alpha value is -11.6. The first-order valence-electron chi connectivity index (χ1n) is 32.7. The molecule has 36 nitrogen and oxygen atoms in total. The SMILES string of the molecule is CC[C@H](C)[C@H](NC(=O)[C@H](Cc1ccc(O)cc1)NC(=O)[C@@H](NC(=O)[C@H](CCCN=C(N)NC(=O)NCCCCN)NC(=O)[C@@H](N)CC(=O)O)C(C)C)C(=O)N[C@@H](Cc1cnc[nH]1)C(=O)N1CCC[C@H]1C(=O)N[C@@H](Cc1ccccc1)C(=O)O.O=C(O)C(F)(F)F.O=C(O)C(F)(F)F.O=C(O)C(F)(F)F.O=C(O)C(F)(F)F. The lowest BCUT2D eigenvalue weighted by atomic mass is 9.96. The number of benzene rings is 2. The van der Waals surface area contributed by atoms with Gasteiger partial charge < -0.3 is 100 Å². The summed E-state index contributed by atoms with van der Waals surface area (Å²) in [5.74, 6) is -21.0. The van der Waals surface area contributed by atoms with Crippen molar-refractivity contribution in [2.24, 2.45) is 34.0 Å². The number of phenols is 1. The summed E-state index contributed by atoms with van der Waals surface area (Å²) < 4.78 is 127. The second-order valence-electron chi connectivity index (χ2n) is 23.9. The molecule has 9 amide bonds. The lowest BCUT2D eigenvalue weighted by Crippen LogP contribution is -2.62. The number of nitrogens with two attached hydrogens (primary N) is 3. The molecule has 1 fully saturated rings. The number of likely N-dealkylation sites (tertiary alicyclic amines) is 1. The van der Waals surface area contributed by atoms with Gasteiger partial charge in [-0.2, -0.15) is 52.7 Å². The van der Waals surface area contributed by atoms with E-state index in [0.717, 1.165) is 0 Å². The van der Waals surface area contributed by atoms with Crippen molar-refractivity contribution in [3.8, 4) is 5.75 Å². The van der Waals surface area contributed by atoms with Crippen LogP contribution in [0.5, 0.6) is 5.75 Å². The third kappa shape index (κ3) is 40.4. The van der Waals surface area contributed by atoms with Gasteiger partial charge in [-0.3, -0.25) is 48.7 Å². The van der Waals surface area contributed by atoms with Crippen molar-refractivity contribution < 1.29 is 156 Å². The third-order valence-electron chi connectivity index (χ3n) is 14.8. The number of alkyl halides is 12. The van der Waals surface area contributed by atoms with Gasteiger partial charge in [0.2, 0.25) is 41.4 Å². The molecule has 0 radical (unpaired) electrons. The standard InChI is InChI=1S/C55H81N15O13.4C2HF3O2/c1-5-32(4)45(51(79)65-40(27-35-29-59-30-62-35)52(80)70-24-12-16-42(70)49(77)66-41(53(81)82)26-33-13-7-6-8-14-33)68-48(76)39(25-34-17-19-36(71)20-18-34)64-50(78)44(31(2)3)67-47(75)38(63-46(74)37(57)28-43(72)73)15-11-23-60-54(58)69-55(83)61-22-10-9-21-56;4*3-2(4,5)1(6)7/h6-8,13-14,17-20,29-32,37-42,44-45,71H,5,9-12,15-16,21-28,56-57H2,1-4H3,(H,59,62)(H,63,74)(H,64,78)(H,65,79)(H,66,77)(H,67,75)(H,68,76)(H,72,73)(H,81,82)(H4,58,60,61,69,83);4*(H,6,7)/t32-,37-,38-,39-,40-,41-,42-,44-,45-;;;;/m0..../s1. The summed E-state index contributed by atoms with van der Waals surface area (Å²) in [4.78, 5) is 183. The number of guanidine groups is 1. The molecule has 0 saturated carbocycles. The number of urea groups is 1. The smallest absolute Gasteiger partial charge is 0.490 e. The number of rotatable bonds is 33. The summed E-state index contributed by atoms with van der Waals surface area (Å²) in [6, 6.07) is 3.03. The fourth-order valence-electron chi connectivity index (χ4n) is 8.98. The van der Waals surface area contributed by atoms with Gasteiger partial charge in [-0.1, -0.05) is 76.6 Å². The zero-order chi connectivity index (χ0) is 85.5. The number of carboxylic acid groups (broad SMARTS) is 6. The fourth-order valence-corrected chi connectivity index (χ4v) is 8.98. The molecule has 2 aromatic carbocycles. The highest BCUT2D eigenvalue weighted by Gasteiger charge is 2.43. The molecule has 111 heavy (non-hydrogen) atoms. The summed E-state index contributed by atoms with van der Waals surface area (Å²) in [6.07, 6.45) is -16.4. The first-order chi connectivity index (χ1) is 51.3. The molecule has 22 N–H and O–H groups in total. The van der Waals surface area contributed by atoms with Crippen molar-refractivity contribution in [1.29, 1.82) is 0 Å². The monoisotopic (exact) mass is 1620 g/mol. The highest BCUT2D eigenvalue weighted by atomic mass is 19.4. The van der Waals surface area contributed by atoms with Gasteiger partial charge in [-0.05, 0) is 80.2 Å². The highest BCUT2D eigenvalue weighted by molar-refractivity contribution is 5.99. The number of phenolic OH excluding ortho intramolecular Hbond substituents is 1. The van der Waals surface area contributed by atoms with Crippen LogP contribution in [0.25, 0.3) is 0 Å². The molecule has 0 aliphatic carbocycles. The zero-order valence-corrected chi connectivity index (χ0v) is 59.2. The predicted molar refractivity (Wildman–Crippen MR) is 358 cm³/mol. The summed E-state index contributed by atoms with van der Waals surface area (Å²) in [7, 11) is 0. The van der Waals surface area contributed by atoms with Gasteiger partial charge in [0, 0.05) is 50.8 Å². The molecule has 4 rings (SSSR count). The Labute approximate surface area is 621 Å². The van der Waals surface area contributed by atoms with E-state index >= 15 is 0 Å². The maximum absolute atomic E-state index is 14.7. The maximum Gasteiger partial charge on any atom is 0.490 e. The van der Waals surface area contributed by atoms with E-state index in [1.807, 2.05) is 0 Å². The summed E-state index contributed by atoms with van der Waals surface area (Å²) in [5.41, 5.74) is 18.8. The topological polar surface area (TPSA) is 599 Å². The Morgan fingerprint density at radius 1 is 0.604 bits per heavy atom. The molecule has 1 aromatic heterocycles. The van der Waals surface area contributed by atoms with E-state index in [0.29, 0.717) is 55.6 Å². The van der Waals surface area contributed by atoms with Gasteiger partial charge in [-0.25, -0.2) is 33.8 Å². The van der Waals surface area contributed by atoms with Gasteiger partial charge in [0.1, 0.15) is 48.0 Å². The van der Waals surface area contributed by atoms with E-state index in [1.165, 1.54) is 41.7 Å². The molecule has 3 aromatic rings. The average Bonchev–Trinajstić information content (AvgIpc) is 1.75. The largest absolute Gasteiger partial charge is 0.508 e. The Morgan fingerprint density at radius 3 is 1.55 bits per heavy atom. The van der Waals surface area contributed by atoms with Crippen molar-refractivity contribution in [2.45, 2.75) is 171 Å². The number of nitrogens with one attached hydrogen (secondary N) is 9. The molecule has 1 aliphatic rings. The van der Waals surface area contributed by atoms with Crippen molar-refractivity contribution in [3.63, 3.8) is 0 Å². The number of aromatic nitrogens is 2. The van der Waals surface area contributed by atoms with Crippen LogP contribution in [0.3, 0.4) is 0 Å². The average molecular weight is 1620 g/mol. The Balaban J connectivity index is 0.00000363. The number of carbonyl (C=O) groups excluding carboxylic acids is 8. The molecular formula is C63H85F12N15O21. The quantitative estimate of drug-likeness (QED) is 0.0177. The number of aromatic hydroxyl groups is 1. The van der Waals surface area contributed by atoms with Crippen LogP contribution in [0.2, 0.25) is 0 Å². The second kappa shape index (κ2) is 48.0. The molecule has 48 heteroatoms. The Morgan fingerprint density at radius 2 is 1.08 bits per heavy atom. The van der Waals surface area contributed by atoms with Crippen molar-refractivity contribution in [2.75, 3.05) is 26.2 Å². The number of amides is 9. The van der Waals surface area contributed by atoms with Gasteiger partial charge in [0.25, 0.3) is 0 Å². The first-order valence-corrected chi connectivity index (χ1v) is 32.7. The lowest BCUT2D eigenvalue weighted by molar-refractivity contribution is -0.193. The van der Waals surface area contributed by atoms with Crippen LogP contribution < -0.4 is 59.7 Å². The molecular weight excluding hydrogens is 1530 g/mol. The van der Waals surface area contributed by atoms with Gasteiger partial charge in [-0.15, -0.1) is 0 Å². The van der Waals surface area contributed by atoms with E-state index in [-0.39, 0.29) is 63.3 Å². The van der Waals surface area contributed by atoms with E-state index in [9.17, 15) is 116 Å². The number of unbranched alkanes of at least 4 members (excludes halogenated alkanes) is 1. The molecule has 0 spiro atoms. The molecule has 622 valence electrons. The summed E-state index contributed by atoms with van der Waals surface area (Å²) >= 11 is 0. The normalized spacial score (nSPS) is 14.9. The number of hydrogen-bond acceptors (Lipinski definition) is 19. The first kappa shape index (κ1) is 99.4. The van der Waals surface area contributed by atoms with Crippen molar-refractivity contribution in [1.82, 2.24) is 57.4 Å². The lowest BCUT2D eigenvalue weighted by Gasteiger charge is -2.32. The number of halogens is 12. The van der Waals surface area contributed by atoms with Gasteiger partial charge >= 0.3 is 66.6 Å². The number of H-pyrrole nitrogens is 1. The van der Waals surface area contributed by atoms with Gasteiger partial charge in [0.15, 0.2) is 5.96 Å².